The predicted molar refractivity (Wildman–Crippen MR) is 74.1 cm³/mol. The molecule has 3 rings (SSSR count). The molecule has 0 spiro atoms. The average Bonchev–Trinajstić information content (AvgIpc) is 2.81. The fourth-order valence-electron chi connectivity index (χ4n) is 2.68. The van der Waals surface area contributed by atoms with E-state index in [9.17, 15) is 9.59 Å². The second-order valence-electron chi connectivity index (χ2n) is 5.20. The lowest BCUT2D eigenvalue weighted by atomic mass is 9.78. The number of fused-ring (bicyclic) bond motifs is 1. The Morgan fingerprint density at radius 2 is 2.10 bits per heavy atom. The van der Waals surface area contributed by atoms with E-state index in [0.29, 0.717) is 19.4 Å². The summed E-state index contributed by atoms with van der Waals surface area (Å²) >= 11 is 0. The lowest BCUT2D eigenvalue weighted by Crippen LogP contribution is -2.36. The van der Waals surface area contributed by atoms with E-state index in [4.69, 9.17) is 4.74 Å². The molecule has 1 aliphatic heterocycles. The van der Waals surface area contributed by atoms with Crippen molar-refractivity contribution in [2.24, 2.45) is 5.41 Å². The van der Waals surface area contributed by atoms with Crippen molar-refractivity contribution in [3.05, 3.63) is 42.1 Å². The summed E-state index contributed by atoms with van der Waals surface area (Å²) in [6.07, 6.45) is 0.752. The molecule has 2 heterocycles. The summed E-state index contributed by atoms with van der Waals surface area (Å²) in [6.45, 7) is 1.76. The number of hydrogen-bond donors (Lipinski definition) is 0. The second kappa shape index (κ2) is 4.71. The molecule has 4 nitrogen and oxygen atoms in total. The molecule has 1 aromatic carbocycles. The zero-order chi connectivity index (χ0) is 14.2. The molecular weight excluding hydrogens is 254 g/mol. The van der Waals surface area contributed by atoms with Crippen LogP contribution in [-0.4, -0.2) is 23.3 Å². The highest BCUT2D eigenvalue weighted by Crippen LogP contribution is 2.34. The fourth-order valence-corrected chi connectivity index (χ4v) is 2.68. The summed E-state index contributed by atoms with van der Waals surface area (Å²) < 4.78 is 5.00. The van der Waals surface area contributed by atoms with Crippen molar-refractivity contribution >= 4 is 22.7 Å². The Hall–Kier alpha value is -2.23. The Balaban J connectivity index is 1.99. The normalized spacial score (nSPS) is 21.9. The van der Waals surface area contributed by atoms with Gasteiger partial charge in [-0.05, 0) is 19.1 Å². The van der Waals surface area contributed by atoms with E-state index < -0.39 is 11.4 Å². The van der Waals surface area contributed by atoms with Crippen molar-refractivity contribution < 1.29 is 14.3 Å². The molecule has 0 N–H and O–H groups in total. The first kappa shape index (κ1) is 12.8. The molecule has 1 saturated heterocycles. The zero-order valence-corrected chi connectivity index (χ0v) is 11.3. The van der Waals surface area contributed by atoms with Crippen LogP contribution in [0.15, 0.2) is 36.4 Å². The Bertz CT molecular complexity index is 695. The van der Waals surface area contributed by atoms with E-state index >= 15 is 0 Å². The number of benzene rings is 1. The van der Waals surface area contributed by atoms with Gasteiger partial charge in [0.1, 0.15) is 11.2 Å². The molecule has 0 saturated carbocycles. The molecule has 1 fully saturated rings. The third-order valence-electron chi connectivity index (χ3n) is 3.97. The van der Waals surface area contributed by atoms with E-state index in [1.165, 1.54) is 6.92 Å². The van der Waals surface area contributed by atoms with Gasteiger partial charge in [0.25, 0.3) is 0 Å². The number of carbonyl (C=O) groups excluding carboxylic acids is 2. The summed E-state index contributed by atoms with van der Waals surface area (Å²) in [4.78, 5) is 28.4. The summed E-state index contributed by atoms with van der Waals surface area (Å²) in [6, 6.07) is 11.6. The standard InChI is InChI=1S/C16H15NO3/c1-11(18)16(8-9-20-15(16)19)10-13-7-6-12-4-2-3-5-14(12)17-13/h2-7H,8-10H2,1H3. The van der Waals surface area contributed by atoms with Gasteiger partial charge in [-0.3, -0.25) is 14.6 Å². The molecule has 0 bridgehead atoms. The van der Waals surface area contributed by atoms with Gasteiger partial charge >= 0.3 is 5.97 Å². The minimum absolute atomic E-state index is 0.144. The molecule has 102 valence electrons. The second-order valence-corrected chi connectivity index (χ2v) is 5.20. The van der Waals surface area contributed by atoms with E-state index in [0.717, 1.165) is 16.6 Å². The summed E-state index contributed by atoms with van der Waals surface area (Å²) in [5.41, 5.74) is 0.572. The molecule has 4 heteroatoms. The molecule has 1 atom stereocenters. The van der Waals surface area contributed by atoms with Gasteiger partial charge in [-0.25, -0.2) is 0 Å². The van der Waals surface area contributed by atoms with Gasteiger partial charge in [0.2, 0.25) is 0 Å². The highest BCUT2D eigenvalue weighted by atomic mass is 16.5. The maximum atomic E-state index is 11.9. The van der Waals surface area contributed by atoms with Crippen LogP contribution in [0, 0.1) is 5.41 Å². The number of aromatic nitrogens is 1. The summed E-state index contributed by atoms with van der Waals surface area (Å²) in [7, 11) is 0. The van der Waals surface area contributed by atoms with Crippen molar-refractivity contribution in [3.8, 4) is 0 Å². The third kappa shape index (κ3) is 1.97. The number of nitrogens with zero attached hydrogens (tertiary/aromatic N) is 1. The zero-order valence-electron chi connectivity index (χ0n) is 11.3. The lowest BCUT2D eigenvalue weighted by Gasteiger charge is -2.20. The van der Waals surface area contributed by atoms with E-state index in [1.807, 2.05) is 36.4 Å². The summed E-state index contributed by atoms with van der Waals surface area (Å²) in [5.74, 6) is -0.560. The Morgan fingerprint density at radius 1 is 1.30 bits per heavy atom. The Kier molecular flexibility index (Phi) is 3.01. The van der Waals surface area contributed by atoms with Crippen LogP contribution in [-0.2, 0) is 20.7 Å². The minimum atomic E-state index is -1.05. The number of ketones is 1. The smallest absolute Gasteiger partial charge is 0.320 e. The summed E-state index contributed by atoms with van der Waals surface area (Å²) in [5, 5.41) is 1.04. The van der Waals surface area contributed by atoms with Crippen LogP contribution in [0.4, 0.5) is 0 Å². The Morgan fingerprint density at radius 3 is 2.80 bits per heavy atom. The van der Waals surface area contributed by atoms with E-state index in [-0.39, 0.29) is 5.78 Å². The first-order chi connectivity index (χ1) is 9.62. The predicted octanol–water partition coefficient (Wildman–Crippen LogP) is 2.30. The number of cyclic esters (lactones) is 1. The molecule has 0 radical (unpaired) electrons. The maximum Gasteiger partial charge on any atom is 0.320 e. The van der Waals surface area contributed by atoms with E-state index in [2.05, 4.69) is 4.98 Å². The lowest BCUT2D eigenvalue weighted by molar-refractivity contribution is -0.150. The number of pyridine rings is 1. The highest BCUT2D eigenvalue weighted by molar-refractivity contribution is 6.04. The number of esters is 1. The maximum absolute atomic E-state index is 11.9. The first-order valence-corrected chi connectivity index (χ1v) is 6.65. The van der Waals surface area contributed by atoms with Crippen molar-refractivity contribution in [1.29, 1.82) is 0 Å². The molecule has 1 unspecified atom stereocenters. The molecule has 1 aliphatic rings. The molecule has 0 aliphatic carbocycles. The average molecular weight is 269 g/mol. The third-order valence-corrected chi connectivity index (χ3v) is 3.97. The van der Waals surface area contributed by atoms with Crippen LogP contribution >= 0.6 is 0 Å². The topological polar surface area (TPSA) is 56.3 Å². The first-order valence-electron chi connectivity index (χ1n) is 6.65. The van der Waals surface area contributed by atoms with Gasteiger partial charge in [0.05, 0.1) is 12.1 Å². The number of rotatable bonds is 3. The number of ether oxygens (including phenoxy) is 1. The number of Topliss-reactive ketones (excluding diaryl/α,β-unsaturated/α-hetero) is 1. The fraction of sp³-hybridized carbons (Fsp3) is 0.312. The van der Waals surface area contributed by atoms with Crippen LogP contribution in [0.25, 0.3) is 10.9 Å². The number of carbonyl (C=O) groups is 2. The van der Waals surface area contributed by atoms with Crippen LogP contribution < -0.4 is 0 Å². The van der Waals surface area contributed by atoms with Gasteiger partial charge in [0.15, 0.2) is 0 Å². The molecule has 2 aromatic rings. The van der Waals surface area contributed by atoms with Crippen LogP contribution in [0.1, 0.15) is 19.0 Å². The molecule has 0 amide bonds. The van der Waals surface area contributed by atoms with Gasteiger partial charge in [0, 0.05) is 23.9 Å². The van der Waals surface area contributed by atoms with Crippen molar-refractivity contribution in [2.45, 2.75) is 19.8 Å². The number of hydrogen-bond acceptors (Lipinski definition) is 4. The SMILES string of the molecule is CC(=O)C1(Cc2ccc3ccccc3n2)CCOC1=O. The minimum Gasteiger partial charge on any atom is -0.465 e. The number of para-hydroxylation sites is 1. The van der Waals surface area contributed by atoms with Crippen LogP contribution in [0.5, 0.6) is 0 Å². The molecule has 1 aromatic heterocycles. The van der Waals surface area contributed by atoms with Crippen molar-refractivity contribution in [3.63, 3.8) is 0 Å². The highest BCUT2D eigenvalue weighted by Gasteiger charge is 2.49. The van der Waals surface area contributed by atoms with Gasteiger partial charge in [-0.1, -0.05) is 24.3 Å². The van der Waals surface area contributed by atoms with Gasteiger partial charge in [-0.2, -0.15) is 0 Å². The van der Waals surface area contributed by atoms with Crippen LogP contribution in [0.2, 0.25) is 0 Å². The van der Waals surface area contributed by atoms with Gasteiger partial charge < -0.3 is 4.74 Å². The van der Waals surface area contributed by atoms with Crippen LogP contribution in [0.3, 0.4) is 0 Å². The van der Waals surface area contributed by atoms with Crippen molar-refractivity contribution in [2.75, 3.05) is 6.61 Å². The monoisotopic (exact) mass is 269 g/mol. The largest absolute Gasteiger partial charge is 0.465 e. The van der Waals surface area contributed by atoms with Gasteiger partial charge in [-0.15, -0.1) is 0 Å². The van der Waals surface area contributed by atoms with Crippen molar-refractivity contribution in [1.82, 2.24) is 4.98 Å². The van der Waals surface area contributed by atoms with E-state index in [1.54, 1.807) is 0 Å². The quantitative estimate of drug-likeness (QED) is 0.633. The molecule has 20 heavy (non-hydrogen) atoms. The molecular formula is C16H15NO3. The Labute approximate surface area is 116 Å².